The molecule has 15 heavy (non-hydrogen) atoms. The van der Waals surface area contributed by atoms with E-state index in [9.17, 15) is 4.79 Å². The van der Waals surface area contributed by atoms with E-state index in [0.29, 0.717) is 12.4 Å². The zero-order valence-electron chi connectivity index (χ0n) is 7.97. The molecule has 0 radical (unpaired) electrons. The number of para-hydroxylation sites is 1. The van der Waals surface area contributed by atoms with Gasteiger partial charge in [-0.05, 0) is 11.6 Å². The van der Waals surface area contributed by atoms with Gasteiger partial charge in [0.05, 0.1) is 12.1 Å². The molecule has 1 aliphatic heterocycles. The lowest BCUT2D eigenvalue weighted by Crippen LogP contribution is -2.13. The molecule has 74 valence electrons. The van der Waals surface area contributed by atoms with Gasteiger partial charge in [0.2, 0.25) is 11.9 Å². The van der Waals surface area contributed by atoms with Gasteiger partial charge in [0.25, 0.3) is 0 Å². The van der Waals surface area contributed by atoms with Crippen molar-refractivity contribution in [2.45, 2.75) is 6.42 Å². The van der Waals surface area contributed by atoms with Crippen molar-refractivity contribution in [1.29, 1.82) is 0 Å². The van der Waals surface area contributed by atoms with Crippen molar-refractivity contribution in [2.24, 2.45) is 0 Å². The molecule has 3 rings (SSSR count). The Labute approximate surface area is 86.6 Å². The number of imidazole rings is 1. The maximum atomic E-state index is 11.5. The van der Waals surface area contributed by atoms with E-state index in [-0.39, 0.29) is 5.91 Å². The van der Waals surface area contributed by atoms with Gasteiger partial charge in [-0.25, -0.2) is 4.98 Å². The molecule has 1 N–H and O–H groups in total. The standard InChI is InChI=1S/C11H9N3O/c15-10-7-8-3-1-2-4-9(8)14-6-5-12-11(14)13-10/h1-6H,7H2,(H,12,13,15). The van der Waals surface area contributed by atoms with Gasteiger partial charge in [-0.15, -0.1) is 0 Å². The van der Waals surface area contributed by atoms with Crippen molar-refractivity contribution >= 4 is 11.9 Å². The largest absolute Gasteiger partial charge is 0.295 e. The van der Waals surface area contributed by atoms with Crippen molar-refractivity contribution in [3.8, 4) is 5.69 Å². The summed E-state index contributed by atoms with van der Waals surface area (Å²) in [7, 11) is 0. The van der Waals surface area contributed by atoms with Gasteiger partial charge >= 0.3 is 0 Å². The number of anilines is 1. The van der Waals surface area contributed by atoms with Gasteiger partial charge in [0, 0.05) is 12.4 Å². The lowest BCUT2D eigenvalue weighted by atomic mass is 10.1. The lowest BCUT2D eigenvalue weighted by Gasteiger charge is -2.06. The van der Waals surface area contributed by atoms with Gasteiger partial charge in [0.1, 0.15) is 0 Å². The summed E-state index contributed by atoms with van der Waals surface area (Å²) in [6.45, 7) is 0. The molecular weight excluding hydrogens is 190 g/mol. The van der Waals surface area contributed by atoms with Crippen LogP contribution in [0.2, 0.25) is 0 Å². The molecule has 0 aliphatic carbocycles. The number of rotatable bonds is 0. The number of aromatic nitrogens is 2. The van der Waals surface area contributed by atoms with E-state index >= 15 is 0 Å². The van der Waals surface area contributed by atoms with Crippen LogP contribution in [-0.4, -0.2) is 15.5 Å². The summed E-state index contributed by atoms with van der Waals surface area (Å²) in [4.78, 5) is 15.6. The average Bonchev–Trinajstić information content (AvgIpc) is 2.62. The predicted octanol–water partition coefficient (Wildman–Crippen LogP) is 1.37. The Hall–Kier alpha value is -2.10. The molecule has 1 aromatic heterocycles. The molecule has 0 bridgehead atoms. The molecule has 1 aromatic carbocycles. The molecule has 0 saturated heterocycles. The number of hydrogen-bond acceptors (Lipinski definition) is 2. The fourth-order valence-corrected chi connectivity index (χ4v) is 1.83. The fourth-order valence-electron chi connectivity index (χ4n) is 1.83. The summed E-state index contributed by atoms with van der Waals surface area (Å²) in [5.74, 6) is 0.567. The zero-order chi connectivity index (χ0) is 10.3. The van der Waals surface area contributed by atoms with Crippen LogP contribution in [0.1, 0.15) is 5.56 Å². The average molecular weight is 199 g/mol. The molecule has 1 amide bonds. The Morgan fingerprint density at radius 3 is 3.13 bits per heavy atom. The van der Waals surface area contributed by atoms with Crippen LogP contribution < -0.4 is 5.32 Å². The fraction of sp³-hybridized carbons (Fsp3) is 0.0909. The Morgan fingerprint density at radius 2 is 2.20 bits per heavy atom. The third kappa shape index (κ3) is 1.22. The monoisotopic (exact) mass is 199 g/mol. The number of hydrogen-bond donors (Lipinski definition) is 1. The van der Waals surface area contributed by atoms with Crippen LogP contribution in [0.4, 0.5) is 5.95 Å². The summed E-state index contributed by atoms with van der Waals surface area (Å²) < 4.78 is 1.89. The van der Waals surface area contributed by atoms with E-state index in [1.165, 1.54) is 0 Å². The van der Waals surface area contributed by atoms with Crippen LogP contribution in [0.5, 0.6) is 0 Å². The van der Waals surface area contributed by atoms with Gasteiger partial charge in [-0.2, -0.15) is 0 Å². The Balaban J connectivity index is 2.29. The molecule has 0 saturated carbocycles. The molecule has 4 heteroatoms. The number of nitrogens with one attached hydrogen (secondary N) is 1. The van der Waals surface area contributed by atoms with Crippen molar-refractivity contribution in [1.82, 2.24) is 9.55 Å². The normalized spacial score (nSPS) is 13.7. The maximum absolute atomic E-state index is 11.5. The first-order valence-electron chi connectivity index (χ1n) is 4.76. The van der Waals surface area contributed by atoms with Gasteiger partial charge in [0.15, 0.2) is 0 Å². The second kappa shape index (κ2) is 2.95. The van der Waals surface area contributed by atoms with Crippen molar-refractivity contribution in [3.05, 3.63) is 42.2 Å². The molecule has 0 fully saturated rings. The molecule has 4 nitrogen and oxygen atoms in total. The highest BCUT2D eigenvalue weighted by atomic mass is 16.1. The summed E-state index contributed by atoms with van der Waals surface area (Å²) >= 11 is 0. The third-order valence-corrected chi connectivity index (χ3v) is 2.49. The number of carbonyl (C=O) groups is 1. The predicted molar refractivity (Wildman–Crippen MR) is 55.9 cm³/mol. The number of amides is 1. The minimum absolute atomic E-state index is 0.0209. The van der Waals surface area contributed by atoms with E-state index in [1.54, 1.807) is 6.20 Å². The van der Waals surface area contributed by atoms with Crippen LogP contribution in [0.25, 0.3) is 5.69 Å². The highest BCUT2D eigenvalue weighted by molar-refractivity contribution is 5.92. The van der Waals surface area contributed by atoms with Crippen LogP contribution >= 0.6 is 0 Å². The van der Waals surface area contributed by atoms with E-state index in [0.717, 1.165) is 11.3 Å². The number of benzene rings is 1. The van der Waals surface area contributed by atoms with E-state index in [1.807, 2.05) is 35.0 Å². The summed E-state index contributed by atoms with van der Waals surface area (Å²) in [5.41, 5.74) is 2.04. The second-order valence-corrected chi connectivity index (χ2v) is 3.47. The third-order valence-electron chi connectivity index (χ3n) is 2.49. The number of nitrogens with zero attached hydrogens (tertiary/aromatic N) is 2. The molecule has 0 atom stereocenters. The van der Waals surface area contributed by atoms with Crippen LogP contribution in [0.3, 0.4) is 0 Å². The second-order valence-electron chi connectivity index (χ2n) is 3.47. The van der Waals surface area contributed by atoms with E-state index < -0.39 is 0 Å². The number of carbonyl (C=O) groups excluding carboxylic acids is 1. The van der Waals surface area contributed by atoms with E-state index in [4.69, 9.17) is 0 Å². The molecule has 2 aromatic rings. The summed E-state index contributed by atoms with van der Waals surface area (Å²) in [5, 5.41) is 2.76. The summed E-state index contributed by atoms with van der Waals surface area (Å²) in [6, 6.07) is 7.84. The Morgan fingerprint density at radius 1 is 1.33 bits per heavy atom. The highest BCUT2D eigenvalue weighted by Gasteiger charge is 2.17. The molecule has 2 heterocycles. The Bertz CT molecular complexity index is 530. The first-order valence-corrected chi connectivity index (χ1v) is 4.76. The van der Waals surface area contributed by atoms with Gasteiger partial charge < -0.3 is 0 Å². The molecule has 1 aliphatic rings. The highest BCUT2D eigenvalue weighted by Crippen LogP contribution is 2.22. The van der Waals surface area contributed by atoms with Gasteiger partial charge in [-0.3, -0.25) is 14.7 Å². The van der Waals surface area contributed by atoms with Crippen LogP contribution in [0.15, 0.2) is 36.7 Å². The molecule has 0 spiro atoms. The van der Waals surface area contributed by atoms with Crippen LogP contribution in [-0.2, 0) is 11.2 Å². The lowest BCUT2D eigenvalue weighted by molar-refractivity contribution is -0.115. The topological polar surface area (TPSA) is 46.9 Å². The van der Waals surface area contributed by atoms with Crippen molar-refractivity contribution in [2.75, 3.05) is 5.32 Å². The SMILES string of the molecule is O=C1Cc2ccccc2-n2ccnc2N1. The quantitative estimate of drug-likeness (QED) is 0.696. The minimum atomic E-state index is -0.0209. The van der Waals surface area contributed by atoms with Crippen molar-refractivity contribution < 1.29 is 4.79 Å². The zero-order valence-corrected chi connectivity index (χ0v) is 7.97. The van der Waals surface area contributed by atoms with Gasteiger partial charge in [-0.1, -0.05) is 18.2 Å². The summed E-state index contributed by atoms with van der Waals surface area (Å²) in [6.07, 6.45) is 3.93. The van der Waals surface area contributed by atoms with E-state index in [2.05, 4.69) is 10.3 Å². The Kier molecular flexibility index (Phi) is 1.62. The first-order chi connectivity index (χ1) is 7.34. The number of fused-ring (bicyclic) bond motifs is 3. The smallest absolute Gasteiger partial charge is 0.231 e. The molecular formula is C11H9N3O. The van der Waals surface area contributed by atoms with Crippen LogP contribution in [0, 0.1) is 0 Å². The molecule has 0 unspecified atom stereocenters. The first kappa shape index (κ1) is 8.23. The maximum Gasteiger partial charge on any atom is 0.231 e. The van der Waals surface area contributed by atoms with Crippen molar-refractivity contribution in [3.63, 3.8) is 0 Å². The minimum Gasteiger partial charge on any atom is -0.295 e.